The molecule has 0 saturated carbocycles. The summed E-state index contributed by atoms with van der Waals surface area (Å²) in [5.41, 5.74) is 0. The van der Waals surface area contributed by atoms with E-state index in [0.717, 1.165) is 11.8 Å². The Balaban J connectivity index is 2.03. The highest BCUT2D eigenvalue weighted by Gasteiger charge is 2.39. The number of carbonyl (C=O) groups excluding carboxylic acids is 2. The monoisotopic (exact) mass is 244 g/mol. The van der Waals surface area contributed by atoms with Gasteiger partial charge < -0.3 is 15.3 Å². The van der Waals surface area contributed by atoms with Gasteiger partial charge in [-0.05, 0) is 12.8 Å². The Bertz CT molecular complexity index is 346. The molecule has 2 amide bonds. The SMILES string of the molecule is O=C1NC(C(=O)N2CCCC2C(=O)O)CS1. The normalized spacial score (nSPS) is 29.2. The summed E-state index contributed by atoms with van der Waals surface area (Å²) in [4.78, 5) is 35.2. The van der Waals surface area contributed by atoms with Crippen LogP contribution < -0.4 is 5.32 Å². The molecule has 0 bridgehead atoms. The molecule has 6 nitrogen and oxygen atoms in total. The maximum atomic E-state index is 11.9. The lowest BCUT2D eigenvalue weighted by Crippen LogP contribution is -2.49. The number of rotatable bonds is 2. The Labute approximate surface area is 96.4 Å². The maximum absolute atomic E-state index is 11.9. The second kappa shape index (κ2) is 4.32. The third kappa shape index (κ3) is 1.99. The molecule has 0 aromatic carbocycles. The van der Waals surface area contributed by atoms with E-state index in [1.807, 2.05) is 0 Å². The van der Waals surface area contributed by atoms with Crippen molar-refractivity contribution in [3.05, 3.63) is 0 Å². The van der Waals surface area contributed by atoms with Crippen LogP contribution in [-0.4, -0.2) is 51.5 Å². The van der Waals surface area contributed by atoms with Crippen LogP contribution in [0.25, 0.3) is 0 Å². The van der Waals surface area contributed by atoms with Crippen molar-refractivity contribution in [3.8, 4) is 0 Å². The van der Waals surface area contributed by atoms with Crippen molar-refractivity contribution in [2.24, 2.45) is 0 Å². The zero-order valence-electron chi connectivity index (χ0n) is 8.51. The molecule has 2 heterocycles. The molecule has 0 aromatic heterocycles. The number of carbonyl (C=O) groups is 3. The summed E-state index contributed by atoms with van der Waals surface area (Å²) in [7, 11) is 0. The zero-order chi connectivity index (χ0) is 11.7. The Morgan fingerprint density at radius 2 is 2.25 bits per heavy atom. The molecule has 0 radical (unpaired) electrons. The molecule has 2 aliphatic rings. The van der Waals surface area contributed by atoms with Crippen molar-refractivity contribution in [1.82, 2.24) is 10.2 Å². The average Bonchev–Trinajstić information content (AvgIpc) is 2.84. The molecule has 88 valence electrons. The second-order valence-electron chi connectivity index (χ2n) is 3.82. The lowest BCUT2D eigenvalue weighted by atomic mass is 10.2. The fourth-order valence-corrected chi connectivity index (χ4v) is 2.77. The molecule has 0 aromatic rings. The fraction of sp³-hybridized carbons (Fsp3) is 0.667. The van der Waals surface area contributed by atoms with Crippen LogP contribution in [0.3, 0.4) is 0 Å². The van der Waals surface area contributed by atoms with Gasteiger partial charge in [0.1, 0.15) is 12.1 Å². The Kier molecular flexibility index (Phi) is 3.04. The number of amides is 2. The van der Waals surface area contributed by atoms with E-state index in [0.29, 0.717) is 25.1 Å². The summed E-state index contributed by atoms with van der Waals surface area (Å²) >= 11 is 1.06. The minimum atomic E-state index is -0.970. The number of carboxylic acid groups (broad SMARTS) is 1. The molecule has 2 saturated heterocycles. The largest absolute Gasteiger partial charge is 0.480 e. The number of hydrogen-bond acceptors (Lipinski definition) is 4. The fourth-order valence-electron chi connectivity index (χ4n) is 2.01. The standard InChI is InChI=1S/C9H12N2O4S/c12-7(5-4-16-9(15)10-5)11-3-1-2-6(11)8(13)14/h5-6H,1-4H2,(H,10,15)(H,13,14). The Morgan fingerprint density at radius 1 is 1.50 bits per heavy atom. The summed E-state index contributed by atoms with van der Waals surface area (Å²) in [6, 6.07) is -1.28. The highest BCUT2D eigenvalue weighted by molar-refractivity contribution is 8.14. The second-order valence-corrected chi connectivity index (χ2v) is 4.82. The molecule has 2 rings (SSSR count). The van der Waals surface area contributed by atoms with E-state index in [4.69, 9.17) is 5.11 Å². The first kappa shape index (κ1) is 11.3. The summed E-state index contributed by atoms with van der Waals surface area (Å²) in [6.45, 7) is 0.465. The molecular formula is C9H12N2O4S. The van der Waals surface area contributed by atoms with Gasteiger partial charge in [0.05, 0.1) is 0 Å². The first-order valence-electron chi connectivity index (χ1n) is 5.06. The maximum Gasteiger partial charge on any atom is 0.326 e. The zero-order valence-corrected chi connectivity index (χ0v) is 9.33. The number of nitrogens with zero attached hydrogens (tertiary/aromatic N) is 1. The van der Waals surface area contributed by atoms with E-state index < -0.39 is 18.1 Å². The number of thioether (sulfide) groups is 1. The highest BCUT2D eigenvalue weighted by Crippen LogP contribution is 2.21. The van der Waals surface area contributed by atoms with Crippen molar-refractivity contribution >= 4 is 28.9 Å². The third-order valence-corrected chi connectivity index (χ3v) is 3.67. The van der Waals surface area contributed by atoms with E-state index in [1.165, 1.54) is 4.90 Å². The van der Waals surface area contributed by atoms with Gasteiger partial charge in [-0.15, -0.1) is 0 Å². The minimum absolute atomic E-state index is 0.218. The first-order chi connectivity index (χ1) is 7.59. The van der Waals surface area contributed by atoms with Crippen molar-refractivity contribution in [2.75, 3.05) is 12.3 Å². The van der Waals surface area contributed by atoms with Crippen LogP contribution in [0.5, 0.6) is 0 Å². The highest BCUT2D eigenvalue weighted by atomic mass is 32.2. The van der Waals surface area contributed by atoms with Crippen LogP contribution in [0.1, 0.15) is 12.8 Å². The molecule has 2 N–H and O–H groups in total. The van der Waals surface area contributed by atoms with Crippen LogP contribution >= 0.6 is 11.8 Å². The quantitative estimate of drug-likeness (QED) is 0.707. The van der Waals surface area contributed by atoms with E-state index in [-0.39, 0.29) is 11.1 Å². The number of aliphatic carboxylic acids is 1. The van der Waals surface area contributed by atoms with Crippen molar-refractivity contribution < 1.29 is 19.5 Å². The third-order valence-electron chi connectivity index (χ3n) is 2.79. The van der Waals surface area contributed by atoms with Crippen molar-refractivity contribution in [1.29, 1.82) is 0 Å². The van der Waals surface area contributed by atoms with E-state index in [2.05, 4.69) is 5.32 Å². The van der Waals surface area contributed by atoms with Crippen LogP contribution in [-0.2, 0) is 9.59 Å². The molecule has 2 fully saturated rings. The molecular weight excluding hydrogens is 232 g/mol. The van der Waals surface area contributed by atoms with E-state index >= 15 is 0 Å². The van der Waals surface area contributed by atoms with Gasteiger partial charge in [0.2, 0.25) is 5.91 Å². The van der Waals surface area contributed by atoms with Crippen LogP contribution in [0, 0.1) is 0 Å². The Hall–Kier alpha value is -1.24. The topological polar surface area (TPSA) is 86.7 Å². The number of hydrogen-bond donors (Lipinski definition) is 2. The minimum Gasteiger partial charge on any atom is -0.480 e. The van der Waals surface area contributed by atoms with Crippen LogP contribution in [0.4, 0.5) is 4.79 Å². The van der Waals surface area contributed by atoms with Gasteiger partial charge in [0.25, 0.3) is 5.24 Å². The van der Waals surface area contributed by atoms with Crippen molar-refractivity contribution in [3.63, 3.8) is 0 Å². The van der Waals surface area contributed by atoms with Crippen molar-refractivity contribution in [2.45, 2.75) is 24.9 Å². The lowest BCUT2D eigenvalue weighted by Gasteiger charge is -2.24. The van der Waals surface area contributed by atoms with Gasteiger partial charge in [0.15, 0.2) is 0 Å². The van der Waals surface area contributed by atoms with Crippen LogP contribution in [0.2, 0.25) is 0 Å². The van der Waals surface area contributed by atoms with Gasteiger partial charge in [-0.25, -0.2) is 4.79 Å². The lowest BCUT2D eigenvalue weighted by molar-refractivity contribution is -0.148. The molecule has 2 unspecified atom stereocenters. The summed E-state index contributed by atoms with van der Waals surface area (Å²) in [6.07, 6.45) is 1.20. The average molecular weight is 244 g/mol. The number of nitrogens with one attached hydrogen (secondary N) is 1. The first-order valence-corrected chi connectivity index (χ1v) is 6.04. The van der Waals surface area contributed by atoms with E-state index in [1.54, 1.807) is 0 Å². The summed E-state index contributed by atoms with van der Waals surface area (Å²) in [5, 5.41) is 11.3. The van der Waals surface area contributed by atoms with Crippen LogP contribution in [0.15, 0.2) is 0 Å². The van der Waals surface area contributed by atoms with E-state index in [9.17, 15) is 14.4 Å². The number of likely N-dealkylation sites (tertiary alicyclic amines) is 1. The Morgan fingerprint density at radius 3 is 2.81 bits per heavy atom. The molecule has 0 spiro atoms. The molecule has 16 heavy (non-hydrogen) atoms. The molecule has 0 aliphatic carbocycles. The molecule has 2 aliphatic heterocycles. The van der Waals surface area contributed by atoms with Gasteiger partial charge in [-0.2, -0.15) is 0 Å². The smallest absolute Gasteiger partial charge is 0.326 e. The van der Waals surface area contributed by atoms with Gasteiger partial charge in [-0.1, -0.05) is 11.8 Å². The molecule has 2 atom stereocenters. The van der Waals surface area contributed by atoms with Gasteiger partial charge in [0, 0.05) is 12.3 Å². The molecule has 7 heteroatoms. The summed E-state index contributed by atoms with van der Waals surface area (Å²) in [5.74, 6) is -0.855. The summed E-state index contributed by atoms with van der Waals surface area (Å²) < 4.78 is 0. The predicted molar refractivity (Wildman–Crippen MR) is 57.1 cm³/mol. The predicted octanol–water partition coefficient (Wildman–Crippen LogP) is -0.113. The number of carboxylic acids is 1. The van der Waals surface area contributed by atoms with Gasteiger partial charge >= 0.3 is 5.97 Å². The van der Waals surface area contributed by atoms with Gasteiger partial charge in [-0.3, -0.25) is 9.59 Å².